The molecule has 4 rings (SSSR count). The third kappa shape index (κ3) is 3.07. The number of nitrogens with one attached hydrogen (secondary N) is 2. The first-order valence-electron chi connectivity index (χ1n) is 8.22. The molecule has 0 saturated heterocycles. The number of H-pyrrole nitrogens is 1. The summed E-state index contributed by atoms with van der Waals surface area (Å²) in [6.07, 6.45) is 1.82. The van der Waals surface area contributed by atoms with Gasteiger partial charge in [0.1, 0.15) is 0 Å². The van der Waals surface area contributed by atoms with E-state index in [4.69, 9.17) is 11.6 Å². The number of benzene rings is 3. The van der Waals surface area contributed by atoms with Crippen LogP contribution in [0.1, 0.15) is 15.9 Å². The standard InChI is InChI=1S/C21H16ClN3O/c1-13-10-20-15(12-23-25-20)11-18(13)14-6-8-16(9-7-14)24-21(26)17-4-2-3-5-19(17)22/h2-12H,1H3,(H,23,25)(H,24,26). The number of aromatic amines is 1. The Labute approximate surface area is 155 Å². The maximum atomic E-state index is 12.4. The Hall–Kier alpha value is -3.11. The molecular weight excluding hydrogens is 346 g/mol. The third-order valence-corrected chi connectivity index (χ3v) is 4.69. The molecule has 1 heterocycles. The van der Waals surface area contributed by atoms with Gasteiger partial charge in [-0.25, -0.2) is 0 Å². The van der Waals surface area contributed by atoms with Crippen LogP contribution in [-0.4, -0.2) is 16.1 Å². The number of amides is 1. The number of hydrogen-bond acceptors (Lipinski definition) is 2. The highest BCUT2D eigenvalue weighted by Gasteiger charge is 2.10. The van der Waals surface area contributed by atoms with Gasteiger partial charge in [0.15, 0.2) is 0 Å². The highest BCUT2D eigenvalue weighted by atomic mass is 35.5. The topological polar surface area (TPSA) is 57.8 Å². The number of carbonyl (C=O) groups excluding carboxylic acids is 1. The molecule has 0 atom stereocenters. The molecule has 1 aromatic heterocycles. The Morgan fingerprint density at radius 2 is 1.85 bits per heavy atom. The Bertz CT molecular complexity index is 1100. The molecule has 4 aromatic rings. The molecule has 0 fully saturated rings. The Balaban J connectivity index is 1.59. The summed E-state index contributed by atoms with van der Waals surface area (Å²) in [5, 5.41) is 11.4. The summed E-state index contributed by atoms with van der Waals surface area (Å²) in [7, 11) is 0. The molecule has 1 amide bonds. The number of rotatable bonds is 3. The minimum Gasteiger partial charge on any atom is -0.322 e. The number of halogens is 1. The van der Waals surface area contributed by atoms with Crippen LogP contribution in [0.15, 0.2) is 66.9 Å². The van der Waals surface area contributed by atoms with Crippen molar-refractivity contribution in [3.63, 3.8) is 0 Å². The van der Waals surface area contributed by atoms with Crippen LogP contribution in [-0.2, 0) is 0 Å². The summed E-state index contributed by atoms with van der Waals surface area (Å²) in [4.78, 5) is 12.4. The average molecular weight is 362 g/mol. The van der Waals surface area contributed by atoms with Crippen molar-refractivity contribution in [1.29, 1.82) is 0 Å². The van der Waals surface area contributed by atoms with E-state index in [0.29, 0.717) is 10.6 Å². The summed E-state index contributed by atoms with van der Waals surface area (Å²) < 4.78 is 0. The van der Waals surface area contributed by atoms with E-state index in [9.17, 15) is 4.79 Å². The van der Waals surface area contributed by atoms with Gasteiger partial charge in [-0.1, -0.05) is 35.9 Å². The van der Waals surface area contributed by atoms with Crippen LogP contribution in [0.2, 0.25) is 5.02 Å². The van der Waals surface area contributed by atoms with E-state index in [1.165, 1.54) is 0 Å². The zero-order valence-electron chi connectivity index (χ0n) is 14.1. The van der Waals surface area contributed by atoms with Crippen LogP contribution in [0.5, 0.6) is 0 Å². The van der Waals surface area contributed by atoms with Gasteiger partial charge in [0.05, 0.1) is 22.3 Å². The molecule has 0 unspecified atom stereocenters. The van der Waals surface area contributed by atoms with Crippen molar-refractivity contribution >= 4 is 34.1 Å². The van der Waals surface area contributed by atoms with Crippen molar-refractivity contribution < 1.29 is 4.79 Å². The number of aryl methyl sites for hydroxylation is 1. The van der Waals surface area contributed by atoms with Crippen molar-refractivity contribution in [3.05, 3.63) is 83.0 Å². The molecule has 0 bridgehead atoms. The van der Waals surface area contributed by atoms with E-state index in [0.717, 1.165) is 33.3 Å². The van der Waals surface area contributed by atoms with Gasteiger partial charge in [-0.05, 0) is 60.0 Å². The molecule has 0 aliphatic carbocycles. The molecule has 0 spiro atoms. The molecule has 128 valence electrons. The quantitative estimate of drug-likeness (QED) is 0.510. The monoisotopic (exact) mass is 361 g/mol. The fourth-order valence-corrected chi connectivity index (χ4v) is 3.21. The van der Waals surface area contributed by atoms with Crippen molar-refractivity contribution in [2.75, 3.05) is 5.32 Å². The number of nitrogens with zero attached hydrogens (tertiary/aromatic N) is 1. The zero-order chi connectivity index (χ0) is 18.1. The van der Waals surface area contributed by atoms with Crippen LogP contribution in [0.25, 0.3) is 22.0 Å². The van der Waals surface area contributed by atoms with E-state index in [2.05, 4.69) is 34.6 Å². The minimum atomic E-state index is -0.223. The van der Waals surface area contributed by atoms with Crippen LogP contribution >= 0.6 is 11.6 Å². The summed E-state index contributed by atoms with van der Waals surface area (Å²) in [6, 6.07) is 19.0. The second kappa shape index (κ2) is 6.65. The van der Waals surface area contributed by atoms with Crippen LogP contribution < -0.4 is 5.32 Å². The van der Waals surface area contributed by atoms with Crippen LogP contribution in [0, 0.1) is 6.92 Å². The molecule has 26 heavy (non-hydrogen) atoms. The van der Waals surface area contributed by atoms with Gasteiger partial charge in [0, 0.05) is 11.1 Å². The van der Waals surface area contributed by atoms with Crippen molar-refractivity contribution in [2.45, 2.75) is 6.92 Å². The summed E-state index contributed by atoms with van der Waals surface area (Å²) in [5.41, 5.74) is 5.59. The second-order valence-corrected chi connectivity index (χ2v) is 6.54. The fraction of sp³-hybridized carbons (Fsp3) is 0.0476. The molecular formula is C21H16ClN3O. The second-order valence-electron chi connectivity index (χ2n) is 6.14. The smallest absolute Gasteiger partial charge is 0.257 e. The lowest BCUT2D eigenvalue weighted by Gasteiger charge is -2.10. The molecule has 0 aliphatic heterocycles. The molecule has 5 heteroatoms. The van der Waals surface area contributed by atoms with Gasteiger partial charge in [-0.3, -0.25) is 9.89 Å². The van der Waals surface area contributed by atoms with Crippen LogP contribution in [0.4, 0.5) is 5.69 Å². The Morgan fingerprint density at radius 1 is 1.08 bits per heavy atom. The summed E-state index contributed by atoms with van der Waals surface area (Å²) in [6.45, 7) is 2.07. The third-order valence-electron chi connectivity index (χ3n) is 4.36. The normalized spacial score (nSPS) is 10.8. The number of carbonyl (C=O) groups is 1. The van der Waals surface area contributed by atoms with Crippen molar-refractivity contribution in [1.82, 2.24) is 10.2 Å². The predicted octanol–water partition coefficient (Wildman–Crippen LogP) is 5.44. The lowest BCUT2D eigenvalue weighted by atomic mass is 9.98. The number of aromatic nitrogens is 2. The average Bonchev–Trinajstić information content (AvgIpc) is 3.09. The Kier molecular flexibility index (Phi) is 4.19. The fourth-order valence-electron chi connectivity index (χ4n) is 2.99. The summed E-state index contributed by atoms with van der Waals surface area (Å²) in [5.74, 6) is -0.223. The molecule has 0 aliphatic rings. The largest absolute Gasteiger partial charge is 0.322 e. The highest BCUT2D eigenvalue weighted by molar-refractivity contribution is 6.34. The van der Waals surface area contributed by atoms with E-state index < -0.39 is 0 Å². The van der Waals surface area contributed by atoms with E-state index in [1.54, 1.807) is 24.3 Å². The van der Waals surface area contributed by atoms with Gasteiger partial charge in [-0.15, -0.1) is 0 Å². The minimum absolute atomic E-state index is 0.223. The van der Waals surface area contributed by atoms with Crippen LogP contribution in [0.3, 0.4) is 0 Å². The van der Waals surface area contributed by atoms with E-state index in [1.807, 2.05) is 30.5 Å². The molecule has 3 aromatic carbocycles. The van der Waals surface area contributed by atoms with Crippen molar-refractivity contribution in [3.8, 4) is 11.1 Å². The first kappa shape index (κ1) is 16.4. The maximum absolute atomic E-state index is 12.4. The van der Waals surface area contributed by atoms with Crippen molar-refractivity contribution in [2.24, 2.45) is 0 Å². The molecule has 4 nitrogen and oxygen atoms in total. The summed E-state index contributed by atoms with van der Waals surface area (Å²) >= 11 is 6.08. The van der Waals surface area contributed by atoms with Gasteiger partial charge < -0.3 is 5.32 Å². The molecule has 0 saturated carbocycles. The predicted molar refractivity (Wildman–Crippen MR) is 106 cm³/mol. The SMILES string of the molecule is Cc1cc2[nH]ncc2cc1-c1ccc(NC(=O)c2ccccc2Cl)cc1. The van der Waals surface area contributed by atoms with Gasteiger partial charge in [0.2, 0.25) is 0 Å². The lowest BCUT2D eigenvalue weighted by Crippen LogP contribution is -2.12. The van der Waals surface area contributed by atoms with Gasteiger partial charge in [0.25, 0.3) is 5.91 Å². The van der Waals surface area contributed by atoms with E-state index >= 15 is 0 Å². The number of fused-ring (bicyclic) bond motifs is 1. The van der Waals surface area contributed by atoms with E-state index in [-0.39, 0.29) is 5.91 Å². The highest BCUT2D eigenvalue weighted by Crippen LogP contribution is 2.28. The number of hydrogen-bond donors (Lipinski definition) is 2. The van der Waals surface area contributed by atoms with Gasteiger partial charge >= 0.3 is 0 Å². The molecule has 2 N–H and O–H groups in total. The lowest BCUT2D eigenvalue weighted by molar-refractivity contribution is 0.102. The molecule has 0 radical (unpaired) electrons. The van der Waals surface area contributed by atoms with Gasteiger partial charge in [-0.2, -0.15) is 5.10 Å². The first-order valence-corrected chi connectivity index (χ1v) is 8.59. The maximum Gasteiger partial charge on any atom is 0.257 e. The number of anilines is 1. The Morgan fingerprint density at radius 3 is 2.62 bits per heavy atom. The zero-order valence-corrected chi connectivity index (χ0v) is 14.8. The first-order chi connectivity index (χ1) is 12.6.